The summed E-state index contributed by atoms with van der Waals surface area (Å²) < 4.78 is 16.5. The normalized spacial score (nSPS) is 16.2. The first-order valence-electron chi connectivity index (χ1n) is 13.6. The number of hydrogen-bond donors (Lipinski definition) is 2. The maximum absolute atomic E-state index is 15.2. The van der Waals surface area contributed by atoms with Gasteiger partial charge in [0.25, 0.3) is 0 Å². The zero-order valence-corrected chi connectivity index (χ0v) is 24.3. The van der Waals surface area contributed by atoms with Gasteiger partial charge in [-0.3, -0.25) is 14.6 Å². The average Bonchev–Trinajstić information content (AvgIpc) is 3.09. The van der Waals surface area contributed by atoms with Gasteiger partial charge < -0.3 is 20.2 Å². The van der Waals surface area contributed by atoms with E-state index in [0.717, 1.165) is 6.07 Å². The third-order valence-corrected chi connectivity index (χ3v) is 8.16. The highest BCUT2D eigenvalue weighted by Gasteiger charge is 2.40. The number of piperazine rings is 1. The predicted molar refractivity (Wildman–Crippen MR) is 160 cm³/mol. The number of phenols is 1. The molecule has 6 rings (SSSR count). The van der Waals surface area contributed by atoms with Crippen LogP contribution < -0.4 is 15.9 Å². The standard InChI is InChI=1S/C30H27ClFN7O4/c1-5-19(41)37-11-12-38-17(13-37)29(42)35-25-21-27(38)36-30(43)39(26-15(4)9-10-33-23(26)14(2)3)28(21)34-24(22(25)31)20-16(32)7-6-8-18(20)40/h5-10,14,17,40H,1,11-13H2,2-4H3,(H,35,42). The number of hydrogen-bond acceptors (Lipinski definition) is 8. The molecule has 1 aromatic carbocycles. The third kappa shape index (κ3) is 4.40. The van der Waals surface area contributed by atoms with Crippen molar-refractivity contribution >= 4 is 46.0 Å². The Morgan fingerprint density at radius 1 is 1.23 bits per heavy atom. The number of nitrogens with zero attached hydrogens (tertiary/aromatic N) is 6. The van der Waals surface area contributed by atoms with Crippen molar-refractivity contribution in [1.82, 2.24) is 24.4 Å². The molecule has 1 fully saturated rings. The molecule has 2 aliphatic heterocycles. The lowest BCUT2D eigenvalue weighted by atomic mass is 10.0. The number of rotatable bonds is 4. The average molecular weight is 604 g/mol. The Morgan fingerprint density at radius 3 is 2.70 bits per heavy atom. The molecule has 1 atom stereocenters. The number of aromatic nitrogens is 4. The fourth-order valence-electron chi connectivity index (χ4n) is 5.73. The smallest absolute Gasteiger partial charge is 0.355 e. The zero-order valence-electron chi connectivity index (χ0n) is 23.6. The number of pyridine rings is 2. The maximum atomic E-state index is 15.2. The minimum absolute atomic E-state index is 0.00213. The molecule has 5 heterocycles. The number of carbonyl (C=O) groups is 2. The highest BCUT2D eigenvalue weighted by Crippen LogP contribution is 2.46. The summed E-state index contributed by atoms with van der Waals surface area (Å²) in [5.74, 6) is -2.05. The predicted octanol–water partition coefficient (Wildman–Crippen LogP) is 3.93. The molecule has 1 saturated heterocycles. The highest BCUT2D eigenvalue weighted by molar-refractivity contribution is 6.38. The molecule has 0 aliphatic carbocycles. The van der Waals surface area contributed by atoms with E-state index >= 15 is 4.39 Å². The second kappa shape index (κ2) is 10.5. The summed E-state index contributed by atoms with van der Waals surface area (Å²) in [5, 5.41) is 13.6. The molecular weight excluding hydrogens is 577 g/mol. The molecule has 220 valence electrons. The van der Waals surface area contributed by atoms with Gasteiger partial charge in [-0.2, -0.15) is 4.98 Å². The van der Waals surface area contributed by atoms with E-state index in [1.165, 1.54) is 27.7 Å². The number of phenolic OH excluding ortho intramolecular Hbond substituents is 1. The van der Waals surface area contributed by atoms with Crippen LogP contribution in [0.15, 0.2) is 47.9 Å². The third-order valence-electron chi connectivity index (χ3n) is 7.79. The SMILES string of the molecule is C=CC(=O)N1CCN2c3nc(=O)n(-c4c(C)ccnc4C(C)C)c4nc(-c5c(O)cccc5F)c(Cl)c(c34)NC(=O)C2C1. The number of halogens is 2. The molecule has 0 bridgehead atoms. The molecule has 43 heavy (non-hydrogen) atoms. The van der Waals surface area contributed by atoms with Gasteiger partial charge in [0, 0.05) is 19.3 Å². The number of carbonyl (C=O) groups excluding carboxylic acids is 2. The van der Waals surface area contributed by atoms with Crippen LogP contribution in [0.2, 0.25) is 5.02 Å². The van der Waals surface area contributed by atoms with Crippen LogP contribution in [0.5, 0.6) is 5.75 Å². The van der Waals surface area contributed by atoms with Gasteiger partial charge in [0.1, 0.15) is 29.1 Å². The van der Waals surface area contributed by atoms with Crippen LogP contribution in [-0.4, -0.2) is 67.0 Å². The number of fused-ring (bicyclic) bond motifs is 2. The van der Waals surface area contributed by atoms with E-state index in [0.29, 0.717) is 16.9 Å². The molecule has 2 amide bonds. The van der Waals surface area contributed by atoms with Crippen LogP contribution in [0.4, 0.5) is 15.9 Å². The van der Waals surface area contributed by atoms with Crippen LogP contribution in [0.25, 0.3) is 28.0 Å². The number of aromatic hydroxyl groups is 1. The van der Waals surface area contributed by atoms with Gasteiger partial charge in [-0.25, -0.2) is 18.7 Å². The van der Waals surface area contributed by atoms with Crippen molar-refractivity contribution in [1.29, 1.82) is 0 Å². The fourth-order valence-corrected chi connectivity index (χ4v) is 6.01. The first-order chi connectivity index (χ1) is 20.5. The quantitative estimate of drug-likeness (QED) is 0.335. The summed E-state index contributed by atoms with van der Waals surface area (Å²) in [6.07, 6.45) is 2.82. The van der Waals surface area contributed by atoms with Crippen molar-refractivity contribution in [2.45, 2.75) is 32.7 Å². The Bertz CT molecular complexity index is 1910. The van der Waals surface area contributed by atoms with Gasteiger partial charge in [0.15, 0.2) is 5.65 Å². The van der Waals surface area contributed by atoms with E-state index in [1.54, 1.807) is 17.2 Å². The Morgan fingerprint density at radius 2 is 2.00 bits per heavy atom. The molecule has 11 nitrogen and oxygen atoms in total. The van der Waals surface area contributed by atoms with Crippen LogP contribution in [0, 0.1) is 12.7 Å². The molecule has 3 aromatic heterocycles. The van der Waals surface area contributed by atoms with E-state index in [1.807, 2.05) is 20.8 Å². The van der Waals surface area contributed by atoms with Gasteiger partial charge in [0.2, 0.25) is 11.8 Å². The topological polar surface area (TPSA) is 134 Å². The maximum Gasteiger partial charge on any atom is 0.355 e. The van der Waals surface area contributed by atoms with E-state index in [2.05, 4.69) is 21.9 Å². The minimum Gasteiger partial charge on any atom is -0.507 e. The second-order valence-corrected chi connectivity index (χ2v) is 11.1. The zero-order chi connectivity index (χ0) is 30.7. The Labute approximate surface area is 250 Å². The molecule has 2 N–H and O–H groups in total. The van der Waals surface area contributed by atoms with E-state index < -0.39 is 29.2 Å². The molecule has 0 saturated carbocycles. The van der Waals surface area contributed by atoms with E-state index in [-0.39, 0.29) is 70.3 Å². The summed E-state index contributed by atoms with van der Waals surface area (Å²) in [6, 6.07) is 4.59. The molecule has 1 unspecified atom stereocenters. The van der Waals surface area contributed by atoms with Crippen molar-refractivity contribution in [2.75, 3.05) is 29.9 Å². The van der Waals surface area contributed by atoms with Crippen molar-refractivity contribution < 1.29 is 19.1 Å². The summed E-state index contributed by atoms with van der Waals surface area (Å²) in [6.45, 7) is 9.65. The molecule has 0 radical (unpaired) electrons. The number of nitrogens with one attached hydrogen (secondary N) is 1. The number of amides is 2. The van der Waals surface area contributed by atoms with Crippen LogP contribution >= 0.6 is 11.6 Å². The van der Waals surface area contributed by atoms with Gasteiger partial charge in [-0.15, -0.1) is 0 Å². The first kappa shape index (κ1) is 28.3. The van der Waals surface area contributed by atoms with E-state index in [9.17, 15) is 19.5 Å². The fraction of sp³-hybridized carbons (Fsp3) is 0.267. The largest absolute Gasteiger partial charge is 0.507 e. The van der Waals surface area contributed by atoms with Crippen molar-refractivity contribution in [3.8, 4) is 22.7 Å². The molecule has 13 heteroatoms. The number of anilines is 2. The summed E-state index contributed by atoms with van der Waals surface area (Å²) >= 11 is 6.88. The van der Waals surface area contributed by atoms with Crippen LogP contribution in [0.3, 0.4) is 0 Å². The van der Waals surface area contributed by atoms with E-state index in [4.69, 9.17) is 16.6 Å². The highest BCUT2D eigenvalue weighted by atomic mass is 35.5. The van der Waals surface area contributed by atoms with Gasteiger partial charge in [0.05, 0.1) is 39.6 Å². The van der Waals surface area contributed by atoms with Crippen molar-refractivity contribution in [3.05, 3.63) is 75.7 Å². The lowest BCUT2D eigenvalue weighted by molar-refractivity contribution is -0.128. The van der Waals surface area contributed by atoms with Gasteiger partial charge in [-0.05, 0) is 42.7 Å². The number of aryl methyl sites for hydroxylation is 1. The summed E-state index contributed by atoms with van der Waals surface area (Å²) in [7, 11) is 0. The monoisotopic (exact) mass is 603 g/mol. The van der Waals surface area contributed by atoms with Crippen molar-refractivity contribution in [3.63, 3.8) is 0 Å². The second-order valence-electron chi connectivity index (χ2n) is 10.7. The van der Waals surface area contributed by atoms with Crippen LogP contribution in [0.1, 0.15) is 31.0 Å². The van der Waals surface area contributed by atoms with Gasteiger partial charge in [-0.1, -0.05) is 38.1 Å². The lowest BCUT2D eigenvalue weighted by Gasteiger charge is -2.39. The van der Waals surface area contributed by atoms with Gasteiger partial charge >= 0.3 is 5.69 Å². The molecular formula is C30H27ClFN7O4. The Kier molecular flexibility index (Phi) is 6.88. The Hall–Kier alpha value is -4.84. The summed E-state index contributed by atoms with van der Waals surface area (Å²) in [4.78, 5) is 57.1. The summed E-state index contributed by atoms with van der Waals surface area (Å²) in [5.41, 5.74) is 0.654. The number of benzene rings is 1. The molecule has 2 aliphatic rings. The van der Waals surface area contributed by atoms with Crippen LogP contribution in [-0.2, 0) is 9.59 Å². The minimum atomic E-state index is -0.927. The molecule has 4 aromatic rings. The lowest BCUT2D eigenvalue weighted by Crippen LogP contribution is -2.58. The molecule has 0 spiro atoms. The Balaban J connectivity index is 1.74. The first-order valence-corrected chi connectivity index (χ1v) is 14.0. The van der Waals surface area contributed by atoms with Crippen molar-refractivity contribution in [2.24, 2.45) is 0 Å².